The number of hydrogen-bond acceptors (Lipinski definition) is 4. The first-order valence-electron chi connectivity index (χ1n) is 8.69. The van der Waals surface area contributed by atoms with E-state index in [0.29, 0.717) is 23.2 Å². The van der Waals surface area contributed by atoms with Crippen LogP contribution in [0.15, 0.2) is 0 Å². The molecule has 0 unspecified atom stereocenters. The van der Waals surface area contributed by atoms with E-state index in [-0.39, 0.29) is 22.1 Å². The molecule has 0 bridgehead atoms. The highest BCUT2D eigenvalue weighted by atomic mass is 127. The van der Waals surface area contributed by atoms with Crippen LogP contribution in [0, 0.1) is 5.92 Å². The number of alkyl halides is 1. The van der Waals surface area contributed by atoms with Crippen LogP contribution >= 0.6 is 22.6 Å². The van der Waals surface area contributed by atoms with Crippen molar-refractivity contribution in [2.24, 2.45) is 5.92 Å². The minimum Gasteiger partial charge on any atom is -0.429 e. The van der Waals surface area contributed by atoms with Gasteiger partial charge in [-0.05, 0) is 23.5 Å². The molecular formula is C17H33IO4Si. The van der Waals surface area contributed by atoms with E-state index in [1.165, 1.54) is 0 Å². The van der Waals surface area contributed by atoms with Gasteiger partial charge in [-0.15, -0.1) is 0 Å². The first-order chi connectivity index (χ1) is 10.5. The molecule has 0 aromatic rings. The van der Waals surface area contributed by atoms with E-state index >= 15 is 0 Å². The van der Waals surface area contributed by atoms with Gasteiger partial charge in [-0.25, -0.2) is 4.79 Å². The van der Waals surface area contributed by atoms with Gasteiger partial charge in [0.05, 0.1) is 6.61 Å². The van der Waals surface area contributed by atoms with Crippen LogP contribution in [-0.2, 0) is 13.9 Å². The monoisotopic (exact) mass is 456 g/mol. The Bertz CT molecular complexity index is 376. The molecule has 1 aliphatic heterocycles. The summed E-state index contributed by atoms with van der Waals surface area (Å²) in [5, 5.41) is 0. The quantitative estimate of drug-likeness (QED) is 0.218. The molecule has 0 aromatic carbocycles. The standard InChI is InChI=1S/C17H33IO4Si/c1-10(2)23(11(3)4,12(5)6)20-9-15-13(7)16(14(8)18)22-17(19)21-15/h10-16H,9H2,1-8H3/t13-,14+,15+,16-/m0/s1. The van der Waals surface area contributed by atoms with Crippen molar-refractivity contribution in [3.8, 4) is 0 Å². The number of carbonyl (C=O) groups excluding carboxylic acids is 1. The third-order valence-electron chi connectivity index (χ3n) is 5.24. The molecule has 1 saturated heterocycles. The van der Waals surface area contributed by atoms with Gasteiger partial charge in [0.2, 0.25) is 8.32 Å². The molecule has 0 amide bonds. The molecule has 4 atom stereocenters. The molecule has 0 saturated carbocycles. The van der Waals surface area contributed by atoms with Crippen LogP contribution in [0.3, 0.4) is 0 Å². The van der Waals surface area contributed by atoms with Crippen molar-refractivity contribution in [1.29, 1.82) is 0 Å². The Morgan fingerprint density at radius 3 is 1.91 bits per heavy atom. The number of carbonyl (C=O) groups is 1. The fourth-order valence-corrected chi connectivity index (χ4v) is 10.4. The van der Waals surface area contributed by atoms with Crippen LogP contribution < -0.4 is 0 Å². The molecule has 1 heterocycles. The molecular weight excluding hydrogens is 423 g/mol. The Kier molecular flexibility index (Phi) is 7.86. The second-order valence-electron chi connectivity index (χ2n) is 7.65. The molecule has 0 N–H and O–H groups in total. The fourth-order valence-electron chi connectivity index (χ4n) is 4.11. The number of rotatable bonds is 7. The van der Waals surface area contributed by atoms with Gasteiger partial charge in [0.25, 0.3) is 0 Å². The molecule has 4 nitrogen and oxygen atoms in total. The van der Waals surface area contributed by atoms with Gasteiger partial charge in [0.1, 0.15) is 12.2 Å². The lowest BCUT2D eigenvalue weighted by molar-refractivity contribution is -0.104. The average Bonchev–Trinajstić information content (AvgIpc) is 2.41. The normalized spacial score (nSPS) is 27.3. The van der Waals surface area contributed by atoms with Gasteiger partial charge in [-0.2, -0.15) is 0 Å². The summed E-state index contributed by atoms with van der Waals surface area (Å²) in [6.07, 6.45) is -0.892. The van der Waals surface area contributed by atoms with Gasteiger partial charge >= 0.3 is 6.16 Å². The summed E-state index contributed by atoms with van der Waals surface area (Å²) >= 11 is 2.31. The average molecular weight is 456 g/mol. The summed E-state index contributed by atoms with van der Waals surface area (Å²) in [7, 11) is -1.95. The van der Waals surface area contributed by atoms with Crippen LogP contribution in [0.25, 0.3) is 0 Å². The van der Waals surface area contributed by atoms with Gasteiger partial charge in [-0.3, -0.25) is 0 Å². The second-order valence-corrected chi connectivity index (χ2v) is 15.1. The van der Waals surface area contributed by atoms with Crippen LogP contribution in [0.4, 0.5) is 4.79 Å². The highest BCUT2D eigenvalue weighted by Gasteiger charge is 2.47. The van der Waals surface area contributed by atoms with Gasteiger partial charge < -0.3 is 13.9 Å². The molecule has 0 aromatic heterocycles. The van der Waals surface area contributed by atoms with E-state index in [4.69, 9.17) is 13.9 Å². The zero-order valence-electron chi connectivity index (χ0n) is 15.8. The van der Waals surface area contributed by atoms with E-state index in [0.717, 1.165) is 0 Å². The first kappa shape index (κ1) is 21.2. The fraction of sp³-hybridized carbons (Fsp3) is 0.941. The maximum atomic E-state index is 11.8. The van der Waals surface area contributed by atoms with Crippen LogP contribution in [0.5, 0.6) is 0 Å². The number of hydrogen-bond donors (Lipinski definition) is 0. The zero-order chi connectivity index (χ0) is 17.9. The predicted octanol–water partition coefficient (Wildman–Crippen LogP) is 5.54. The molecule has 0 aliphatic carbocycles. The Hall–Kier alpha value is 0.177. The van der Waals surface area contributed by atoms with Gasteiger partial charge in [-0.1, -0.05) is 71.1 Å². The summed E-state index contributed by atoms with van der Waals surface area (Å²) in [6, 6.07) is 0. The first-order valence-corrected chi connectivity index (χ1v) is 12.1. The number of ether oxygens (including phenoxy) is 2. The molecule has 0 spiro atoms. The molecule has 1 rings (SSSR count). The van der Waals surface area contributed by atoms with Crippen LogP contribution in [0.1, 0.15) is 55.4 Å². The Morgan fingerprint density at radius 1 is 1.04 bits per heavy atom. The minimum absolute atomic E-state index is 0.112. The van der Waals surface area contributed by atoms with Crippen molar-refractivity contribution in [2.45, 2.75) is 88.1 Å². The largest absolute Gasteiger partial charge is 0.508 e. The molecule has 0 radical (unpaired) electrons. The molecule has 136 valence electrons. The van der Waals surface area contributed by atoms with Gasteiger partial charge in [0, 0.05) is 9.84 Å². The van der Waals surface area contributed by atoms with E-state index in [1.54, 1.807) is 0 Å². The lowest BCUT2D eigenvalue weighted by atomic mass is 9.95. The Labute approximate surface area is 156 Å². The third-order valence-corrected chi connectivity index (χ3v) is 12.0. The highest BCUT2D eigenvalue weighted by Crippen LogP contribution is 2.42. The summed E-state index contributed by atoms with van der Waals surface area (Å²) in [4.78, 5) is 11.8. The van der Waals surface area contributed by atoms with Crippen LogP contribution in [-0.4, -0.2) is 37.2 Å². The second kappa shape index (κ2) is 8.51. The van der Waals surface area contributed by atoms with Crippen molar-refractivity contribution in [2.75, 3.05) is 6.61 Å². The summed E-state index contributed by atoms with van der Waals surface area (Å²) in [6.45, 7) is 18.2. The van der Waals surface area contributed by atoms with Crippen LogP contribution in [0.2, 0.25) is 16.6 Å². The van der Waals surface area contributed by atoms with E-state index in [9.17, 15) is 4.79 Å². The number of cyclic esters (lactones) is 2. The van der Waals surface area contributed by atoms with E-state index in [2.05, 4.69) is 78.0 Å². The van der Waals surface area contributed by atoms with Crippen molar-refractivity contribution >= 4 is 37.1 Å². The van der Waals surface area contributed by atoms with Crippen molar-refractivity contribution in [1.82, 2.24) is 0 Å². The zero-order valence-corrected chi connectivity index (χ0v) is 18.9. The molecule has 23 heavy (non-hydrogen) atoms. The predicted molar refractivity (Wildman–Crippen MR) is 105 cm³/mol. The maximum absolute atomic E-state index is 11.8. The van der Waals surface area contributed by atoms with Crippen molar-refractivity contribution < 1.29 is 18.7 Å². The maximum Gasteiger partial charge on any atom is 0.508 e. The lowest BCUT2D eigenvalue weighted by Crippen LogP contribution is -2.53. The number of halogens is 1. The highest BCUT2D eigenvalue weighted by molar-refractivity contribution is 14.1. The molecule has 1 fully saturated rings. The minimum atomic E-state index is -1.95. The lowest BCUT2D eigenvalue weighted by Gasteiger charge is -2.44. The van der Waals surface area contributed by atoms with Crippen molar-refractivity contribution in [3.05, 3.63) is 0 Å². The summed E-state index contributed by atoms with van der Waals surface area (Å²) in [5.41, 5.74) is 1.56. The van der Waals surface area contributed by atoms with E-state index < -0.39 is 14.5 Å². The smallest absolute Gasteiger partial charge is 0.429 e. The van der Waals surface area contributed by atoms with E-state index in [1.807, 2.05) is 0 Å². The summed E-state index contributed by atoms with van der Waals surface area (Å²) < 4.78 is 17.7. The Balaban J connectivity index is 2.90. The topological polar surface area (TPSA) is 44.8 Å². The van der Waals surface area contributed by atoms with Gasteiger partial charge in [0.15, 0.2) is 0 Å². The summed E-state index contributed by atoms with van der Waals surface area (Å²) in [5.74, 6) is 0.137. The van der Waals surface area contributed by atoms with Crippen molar-refractivity contribution in [3.63, 3.8) is 0 Å². The molecule has 1 aliphatic rings. The third kappa shape index (κ3) is 4.63. The SMILES string of the molecule is CC(C)[Si](OC[C@H]1OC(=O)O[C@H]([C@@H](C)I)[C@H]1C)(C(C)C)C(C)C. The Morgan fingerprint density at radius 2 is 1.52 bits per heavy atom. The molecule has 6 heteroatoms.